The summed E-state index contributed by atoms with van der Waals surface area (Å²) < 4.78 is 24.5. The number of nitrogens with one attached hydrogen (secondary N) is 1. The van der Waals surface area contributed by atoms with Gasteiger partial charge in [0.25, 0.3) is 5.91 Å². The monoisotopic (exact) mass is 372 g/mol. The van der Waals surface area contributed by atoms with E-state index < -0.39 is 9.84 Å². The Labute approximate surface area is 152 Å². The van der Waals surface area contributed by atoms with Crippen molar-refractivity contribution in [1.29, 1.82) is 0 Å². The van der Waals surface area contributed by atoms with Crippen LogP contribution in [0.25, 0.3) is 5.65 Å². The summed E-state index contributed by atoms with van der Waals surface area (Å²) in [5.41, 5.74) is 2.17. The summed E-state index contributed by atoms with van der Waals surface area (Å²) in [6.07, 6.45) is 2.95. The number of nitrogens with zero attached hydrogens (tertiary/aromatic N) is 3. The molecule has 8 heteroatoms. The molecule has 0 unspecified atom stereocenters. The maximum atomic E-state index is 12.4. The number of sulfone groups is 1. The molecule has 0 aliphatic carbocycles. The van der Waals surface area contributed by atoms with Crippen LogP contribution in [-0.4, -0.2) is 35.2 Å². The number of hydrogen-bond acceptors (Lipinski definition) is 5. The Balaban J connectivity index is 1.83. The first-order valence-corrected chi connectivity index (χ1v) is 9.91. The van der Waals surface area contributed by atoms with Gasteiger partial charge in [-0.3, -0.25) is 4.79 Å². The summed E-state index contributed by atoms with van der Waals surface area (Å²) in [4.78, 5) is 17.1. The third-order valence-corrected chi connectivity index (χ3v) is 4.99. The minimum atomic E-state index is -3.27. The zero-order valence-corrected chi connectivity index (χ0v) is 15.8. The smallest absolute Gasteiger partial charge is 0.276 e. The lowest BCUT2D eigenvalue weighted by atomic mass is 9.93. The number of amides is 1. The first-order chi connectivity index (χ1) is 12.0. The van der Waals surface area contributed by atoms with E-state index in [1.54, 1.807) is 28.8 Å². The predicted molar refractivity (Wildman–Crippen MR) is 99.2 cm³/mol. The van der Waals surface area contributed by atoms with Gasteiger partial charge in [0.05, 0.1) is 16.8 Å². The number of anilines is 1. The quantitative estimate of drug-likeness (QED) is 0.763. The lowest BCUT2D eigenvalue weighted by molar-refractivity contribution is 0.102. The first-order valence-electron chi connectivity index (χ1n) is 8.02. The van der Waals surface area contributed by atoms with Crippen molar-refractivity contribution in [3.05, 3.63) is 54.0 Å². The van der Waals surface area contributed by atoms with Crippen LogP contribution < -0.4 is 5.32 Å². The van der Waals surface area contributed by atoms with Crippen LogP contribution in [0, 0.1) is 0 Å². The molecule has 1 aromatic carbocycles. The highest BCUT2D eigenvalue weighted by atomic mass is 32.2. The molecule has 2 heterocycles. The number of aromatic nitrogens is 3. The van der Waals surface area contributed by atoms with Crippen molar-refractivity contribution in [2.24, 2.45) is 0 Å². The Bertz CT molecular complexity index is 1080. The summed E-state index contributed by atoms with van der Waals surface area (Å²) in [6.45, 7) is 6.17. The Kier molecular flexibility index (Phi) is 4.31. The second kappa shape index (κ2) is 6.21. The Hall–Kier alpha value is -2.74. The van der Waals surface area contributed by atoms with Crippen LogP contribution in [0.3, 0.4) is 0 Å². The molecule has 3 rings (SSSR count). The van der Waals surface area contributed by atoms with Gasteiger partial charge in [-0.25, -0.2) is 17.9 Å². The molecule has 0 bridgehead atoms. The van der Waals surface area contributed by atoms with E-state index in [1.807, 2.05) is 6.20 Å². The molecular weight excluding hydrogens is 352 g/mol. The summed E-state index contributed by atoms with van der Waals surface area (Å²) in [7, 11) is -3.27. The van der Waals surface area contributed by atoms with Crippen molar-refractivity contribution in [2.45, 2.75) is 31.1 Å². The highest BCUT2D eigenvalue weighted by Crippen LogP contribution is 2.21. The van der Waals surface area contributed by atoms with Gasteiger partial charge >= 0.3 is 0 Å². The minimum absolute atomic E-state index is 0.114. The molecule has 136 valence electrons. The average Bonchev–Trinajstić information content (AvgIpc) is 2.98. The normalized spacial score (nSPS) is 12.3. The molecule has 0 aliphatic rings. The zero-order chi connectivity index (χ0) is 19.1. The van der Waals surface area contributed by atoms with Crippen molar-refractivity contribution in [3.8, 4) is 0 Å². The van der Waals surface area contributed by atoms with E-state index in [4.69, 9.17) is 0 Å². The molecule has 0 fully saturated rings. The van der Waals surface area contributed by atoms with Crippen LogP contribution in [0.5, 0.6) is 0 Å². The van der Waals surface area contributed by atoms with Gasteiger partial charge in [-0.1, -0.05) is 20.8 Å². The highest BCUT2D eigenvalue weighted by molar-refractivity contribution is 7.90. The molecule has 3 aromatic rings. The number of imidazole rings is 1. The van der Waals surface area contributed by atoms with E-state index in [-0.39, 0.29) is 21.9 Å². The van der Waals surface area contributed by atoms with Gasteiger partial charge in [0.15, 0.2) is 15.5 Å². The number of fused-ring (bicyclic) bond motifs is 1. The average molecular weight is 372 g/mol. The summed E-state index contributed by atoms with van der Waals surface area (Å²) >= 11 is 0. The van der Waals surface area contributed by atoms with E-state index in [0.29, 0.717) is 11.3 Å². The van der Waals surface area contributed by atoms with Crippen LogP contribution in [0.4, 0.5) is 5.69 Å². The minimum Gasteiger partial charge on any atom is -0.321 e. The second-order valence-electron chi connectivity index (χ2n) is 7.15. The van der Waals surface area contributed by atoms with Crippen molar-refractivity contribution >= 4 is 27.1 Å². The molecule has 7 nitrogen and oxygen atoms in total. The molecule has 1 N–H and O–H groups in total. The van der Waals surface area contributed by atoms with E-state index in [2.05, 4.69) is 36.2 Å². The van der Waals surface area contributed by atoms with Crippen molar-refractivity contribution in [3.63, 3.8) is 0 Å². The Morgan fingerprint density at radius 1 is 1.08 bits per heavy atom. The SMILES string of the molecule is CC(C)(C)c1cn2nc(C(=O)Nc3ccc(S(C)(=O)=O)cc3)ccc2n1. The van der Waals surface area contributed by atoms with Gasteiger partial charge in [0.1, 0.15) is 5.69 Å². The van der Waals surface area contributed by atoms with Crippen LogP contribution >= 0.6 is 0 Å². The topological polar surface area (TPSA) is 93.4 Å². The third kappa shape index (κ3) is 3.75. The molecule has 0 atom stereocenters. The van der Waals surface area contributed by atoms with Crippen molar-refractivity contribution in [2.75, 3.05) is 11.6 Å². The zero-order valence-electron chi connectivity index (χ0n) is 15.0. The van der Waals surface area contributed by atoms with E-state index >= 15 is 0 Å². The fourth-order valence-electron chi connectivity index (χ4n) is 2.35. The van der Waals surface area contributed by atoms with Gasteiger partial charge in [-0.15, -0.1) is 0 Å². The summed E-state index contributed by atoms with van der Waals surface area (Å²) in [6, 6.07) is 9.34. The number of rotatable bonds is 3. The van der Waals surface area contributed by atoms with Crippen LogP contribution in [0.1, 0.15) is 37.0 Å². The van der Waals surface area contributed by atoms with Crippen LogP contribution in [-0.2, 0) is 15.3 Å². The van der Waals surface area contributed by atoms with Crippen molar-refractivity contribution in [1.82, 2.24) is 14.6 Å². The molecular formula is C18H20N4O3S. The molecule has 0 spiro atoms. The van der Waals surface area contributed by atoms with Gasteiger partial charge in [-0.2, -0.15) is 5.10 Å². The number of benzene rings is 1. The predicted octanol–water partition coefficient (Wildman–Crippen LogP) is 2.68. The second-order valence-corrected chi connectivity index (χ2v) is 9.16. The highest BCUT2D eigenvalue weighted by Gasteiger charge is 2.19. The van der Waals surface area contributed by atoms with Gasteiger partial charge in [-0.05, 0) is 36.4 Å². The standard InChI is InChI=1S/C18H20N4O3S/c1-18(2,3)15-11-22-16(20-15)10-9-14(21-22)17(23)19-12-5-7-13(8-6-12)26(4,24)25/h5-11H,1-4H3,(H,19,23). The van der Waals surface area contributed by atoms with Crippen LogP contribution in [0.2, 0.25) is 0 Å². The maximum Gasteiger partial charge on any atom is 0.276 e. The molecule has 0 saturated heterocycles. The molecule has 26 heavy (non-hydrogen) atoms. The Morgan fingerprint density at radius 3 is 2.31 bits per heavy atom. The first kappa shape index (κ1) is 18.1. The van der Waals surface area contributed by atoms with E-state index in [0.717, 1.165) is 11.9 Å². The number of carbonyl (C=O) groups is 1. The summed E-state index contributed by atoms with van der Waals surface area (Å²) in [5, 5.41) is 7.02. The lowest BCUT2D eigenvalue weighted by Gasteiger charge is -2.13. The Morgan fingerprint density at radius 2 is 1.73 bits per heavy atom. The number of hydrogen-bond donors (Lipinski definition) is 1. The van der Waals surface area contributed by atoms with E-state index in [1.165, 1.54) is 12.1 Å². The molecule has 2 aromatic heterocycles. The third-order valence-electron chi connectivity index (χ3n) is 3.86. The van der Waals surface area contributed by atoms with Crippen molar-refractivity contribution < 1.29 is 13.2 Å². The largest absolute Gasteiger partial charge is 0.321 e. The maximum absolute atomic E-state index is 12.4. The molecule has 1 amide bonds. The molecule has 0 aliphatic heterocycles. The van der Waals surface area contributed by atoms with Crippen LogP contribution in [0.15, 0.2) is 47.5 Å². The van der Waals surface area contributed by atoms with Gasteiger partial charge < -0.3 is 5.32 Å². The fraction of sp³-hybridized carbons (Fsp3) is 0.278. The summed E-state index contributed by atoms with van der Waals surface area (Å²) in [5.74, 6) is -0.384. The lowest BCUT2D eigenvalue weighted by Crippen LogP contribution is -2.15. The van der Waals surface area contributed by atoms with Gasteiger partial charge in [0.2, 0.25) is 0 Å². The number of carbonyl (C=O) groups excluding carboxylic acids is 1. The molecule has 0 saturated carbocycles. The van der Waals surface area contributed by atoms with Gasteiger partial charge in [0, 0.05) is 17.4 Å². The van der Waals surface area contributed by atoms with E-state index in [9.17, 15) is 13.2 Å². The fourth-order valence-corrected chi connectivity index (χ4v) is 2.98. The molecule has 0 radical (unpaired) electrons.